The van der Waals surface area contributed by atoms with Crippen molar-refractivity contribution in [3.8, 4) is 0 Å². The van der Waals surface area contributed by atoms with E-state index in [4.69, 9.17) is 0 Å². The average molecular weight is 342 g/mol. The van der Waals surface area contributed by atoms with Gasteiger partial charge < -0.3 is 15.7 Å². The maximum Gasteiger partial charge on any atom is 0.309 e. The SMILES string of the molecule is O=C(NCCC1=CCCCC1)C(=O)NCC1(O)CCc2ccccc21. The Morgan fingerprint density at radius 2 is 1.88 bits per heavy atom. The van der Waals surface area contributed by atoms with Crippen molar-refractivity contribution in [2.24, 2.45) is 0 Å². The highest BCUT2D eigenvalue weighted by atomic mass is 16.3. The first kappa shape index (κ1) is 17.7. The number of hydrogen-bond donors (Lipinski definition) is 3. The number of rotatable bonds is 5. The van der Waals surface area contributed by atoms with Gasteiger partial charge in [-0.1, -0.05) is 35.9 Å². The highest BCUT2D eigenvalue weighted by Crippen LogP contribution is 2.36. The fourth-order valence-corrected chi connectivity index (χ4v) is 3.71. The summed E-state index contributed by atoms with van der Waals surface area (Å²) >= 11 is 0. The molecule has 3 N–H and O–H groups in total. The van der Waals surface area contributed by atoms with E-state index in [0.717, 1.165) is 36.8 Å². The molecule has 0 fully saturated rings. The van der Waals surface area contributed by atoms with Gasteiger partial charge in [-0.3, -0.25) is 9.59 Å². The van der Waals surface area contributed by atoms with Gasteiger partial charge in [-0.2, -0.15) is 0 Å². The van der Waals surface area contributed by atoms with E-state index in [9.17, 15) is 14.7 Å². The van der Waals surface area contributed by atoms with E-state index >= 15 is 0 Å². The highest BCUT2D eigenvalue weighted by molar-refractivity contribution is 6.35. The molecule has 5 nitrogen and oxygen atoms in total. The van der Waals surface area contributed by atoms with Crippen molar-refractivity contribution in [2.45, 2.75) is 50.5 Å². The fraction of sp³-hybridized carbons (Fsp3) is 0.500. The zero-order valence-corrected chi connectivity index (χ0v) is 14.5. The molecule has 0 saturated carbocycles. The molecule has 25 heavy (non-hydrogen) atoms. The summed E-state index contributed by atoms with van der Waals surface area (Å²) in [4.78, 5) is 23.9. The van der Waals surface area contributed by atoms with Gasteiger partial charge in [0.2, 0.25) is 0 Å². The van der Waals surface area contributed by atoms with E-state index < -0.39 is 17.4 Å². The first-order valence-corrected chi connectivity index (χ1v) is 9.13. The first-order chi connectivity index (χ1) is 12.1. The van der Waals surface area contributed by atoms with Crippen molar-refractivity contribution in [2.75, 3.05) is 13.1 Å². The molecule has 1 unspecified atom stereocenters. The summed E-state index contributed by atoms with van der Waals surface area (Å²) < 4.78 is 0. The van der Waals surface area contributed by atoms with Gasteiger partial charge in [-0.15, -0.1) is 0 Å². The van der Waals surface area contributed by atoms with Crippen molar-refractivity contribution in [3.63, 3.8) is 0 Å². The van der Waals surface area contributed by atoms with Gasteiger partial charge in [0.15, 0.2) is 0 Å². The van der Waals surface area contributed by atoms with E-state index in [0.29, 0.717) is 13.0 Å². The van der Waals surface area contributed by atoms with E-state index in [-0.39, 0.29) is 6.54 Å². The van der Waals surface area contributed by atoms with Crippen LogP contribution in [0.25, 0.3) is 0 Å². The number of fused-ring (bicyclic) bond motifs is 1. The number of carbonyl (C=O) groups excluding carboxylic acids is 2. The molecule has 0 saturated heterocycles. The molecule has 0 aromatic heterocycles. The summed E-state index contributed by atoms with van der Waals surface area (Å²) in [6.07, 6.45) is 9.04. The number of nitrogens with one attached hydrogen (secondary N) is 2. The van der Waals surface area contributed by atoms with Crippen LogP contribution < -0.4 is 10.6 Å². The molecular weight excluding hydrogens is 316 g/mol. The molecule has 134 valence electrons. The Hall–Kier alpha value is -2.14. The summed E-state index contributed by atoms with van der Waals surface area (Å²) in [6.45, 7) is 0.534. The fourth-order valence-electron chi connectivity index (χ4n) is 3.71. The van der Waals surface area contributed by atoms with Crippen LogP contribution in [0.1, 0.15) is 49.7 Å². The lowest BCUT2D eigenvalue weighted by molar-refractivity contribution is -0.139. The molecule has 0 radical (unpaired) electrons. The average Bonchev–Trinajstić information content (AvgIpc) is 2.98. The lowest BCUT2D eigenvalue weighted by atomic mass is 9.96. The summed E-state index contributed by atoms with van der Waals surface area (Å²) in [7, 11) is 0. The Kier molecular flexibility index (Phi) is 5.53. The molecule has 2 aliphatic carbocycles. The standard InChI is InChI=1S/C20H26N2O3/c23-18(21-13-11-15-6-2-1-3-7-15)19(24)22-14-20(25)12-10-16-8-4-5-9-17(16)20/h4-6,8-9,25H,1-3,7,10-14H2,(H,21,23)(H,22,24). The van der Waals surface area contributed by atoms with E-state index in [1.54, 1.807) is 0 Å². The predicted molar refractivity (Wildman–Crippen MR) is 95.8 cm³/mol. The van der Waals surface area contributed by atoms with Gasteiger partial charge in [-0.05, 0) is 56.1 Å². The van der Waals surface area contributed by atoms with Gasteiger partial charge in [0, 0.05) is 6.54 Å². The summed E-state index contributed by atoms with van der Waals surface area (Å²) in [5.74, 6) is -1.32. The maximum atomic E-state index is 12.0. The maximum absolute atomic E-state index is 12.0. The molecule has 2 amide bonds. The van der Waals surface area contributed by atoms with Crippen LogP contribution in [-0.4, -0.2) is 30.0 Å². The summed E-state index contributed by atoms with van der Waals surface area (Å²) in [5.41, 5.74) is 2.23. The Bertz CT molecular complexity index is 683. The number of allylic oxidation sites excluding steroid dienone is 1. The summed E-state index contributed by atoms with van der Waals surface area (Å²) in [6, 6.07) is 7.69. The molecule has 5 heteroatoms. The molecule has 1 aromatic carbocycles. The second-order valence-corrected chi connectivity index (χ2v) is 6.99. The Morgan fingerprint density at radius 3 is 2.68 bits per heavy atom. The molecule has 0 bridgehead atoms. The van der Waals surface area contributed by atoms with E-state index in [1.807, 2.05) is 24.3 Å². The van der Waals surface area contributed by atoms with Gasteiger partial charge in [0.05, 0.1) is 6.54 Å². The lowest BCUT2D eigenvalue weighted by Gasteiger charge is -2.24. The van der Waals surface area contributed by atoms with Crippen LogP contribution in [0.4, 0.5) is 0 Å². The number of aryl methyl sites for hydroxylation is 1. The van der Waals surface area contributed by atoms with Crippen LogP contribution in [0.2, 0.25) is 0 Å². The highest BCUT2D eigenvalue weighted by Gasteiger charge is 2.36. The molecule has 3 rings (SSSR count). The second kappa shape index (κ2) is 7.83. The third kappa shape index (κ3) is 4.28. The van der Waals surface area contributed by atoms with Crippen molar-refractivity contribution < 1.29 is 14.7 Å². The van der Waals surface area contributed by atoms with Crippen LogP contribution in [0.5, 0.6) is 0 Å². The van der Waals surface area contributed by atoms with Crippen molar-refractivity contribution in [1.82, 2.24) is 10.6 Å². The van der Waals surface area contributed by atoms with Crippen molar-refractivity contribution in [1.29, 1.82) is 0 Å². The zero-order chi connectivity index (χ0) is 17.7. The van der Waals surface area contributed by atoms with Gasteiger partial charge in [-0.25, -0.2) is 0 Å². The predicted octanol–water partition coefficient (Wildman–Crippen LogP) is 1.94. The lowest BCUT2D eigenvalue weighted by Crippen LogP contribution is -2.45. The largest absolute Gasteiger partial charge is 0.383 e. The number of aliphatic hydroxyl groups is 1. The minimum atomic E-state index is -1.08. The quantitative estimate of drug-likeness (QED) is 0.565. The van der Waals surface area contributed by atoms with Crippen LogP contribution in [-0.2, 0) is 21.6 Å². The van der Waals surface area contributed by atoms with E-state index in [2.05, 4.69) is 16.7 Å². The topological polar surface area (TPSA) is 78.4 Å². The molecule has 0 aliphatic heterocycles. The van der Waals surface area contributed by atoms with Crippen LogP contribution in [0.15, 0.2) is 35.9 Å². The van der Waals surface area contributed by atoms with Crippen molar-refractivity contribution >= 4 is 11.8 Å². The number of amides is 2. The Balaban J connectivity index is 1.44. The van der Waals surface area contributed by atoms with Crippen LogP contribution in [0.3, 0.4) is 0 Å². The van der Waals surface area contributed by atoms with Crippen LogP contribution >= 0.6 is 0 Å². The van der Waals surface area contributed by atoms with Gasteiger partial charge >= 0.3 is 11.8 Å². The molecular formula is C20H26N2O3. The molecule has 0 spiro atoms. The number of benzene rings is 1. The van der Waals surface area contributed by atoms with E-state index in [1.165, 1.54) is 18.4 Å². The van der Waals surface area contributed by atoms with Crippen LogP contribution in [0, 0.1) is 0 Å². The third-order valence-electron chi connectivity index (χ3n) is 5.19. The monoisotopic (exact) mass is 342 g/mol. The molecule has 1 atom stereocenters. The Labute approximate surface area is 148 Å². The molecule has 1 aromatic rings. The molecule has 2 aliphatic rings. The minimum absolute atomic E-state index is 0.0570. The van der Waals surface area contributed by atoms with Gasteiger partial charge in [0.25, 0.3) is 0 Å². The number of carbonyl (C=O) groups is 2. The Morgan fingerprint density at radius 1 is 1.08 bits per heavy atom. The zero-order valence-electron chi connectivity index (χ0n) is 14.5. The third-order valence-corrected chi connectivity index (χ3v) is 5.19. The minimum Gasteiger partial charge on any atom is -0.383 e. The summed E-state index contributed by atoms with van der Waals surface area (Å²) in [5, 5.41) is 16.0. The first-order valence-electron chi connectivity index (χ1n) is 9.13. The second-order valence-electron chi connectivity index (χ2n) is 6.99. The molecule has 0 heterocycles. The van der Waals surface area contributed by atoms with Crippen molar-refractivity contribution in [3.05, 3.63) is 47.0 Å². The number of hydrogen-bond acceptors (Lipinski definition) is 3. The smallest absolute Gasteiger partial charge is 0.309 e. The normalized spacial score (nSPS) is 22.0. The van der Waals surface area contributed by atoms with Gasteiger partial charge in [0.1, 0.15) is 5.60 Å².